The summed E-state index contributed by atoms with van der Waals surface area (Å²) in [5.41, 5.74) is 3.37. The van der Waals surface area contributed by atoms with E-state index in [-0.39, 0.29) is 6.04 Å². The van der Waals surface area contributed by atoms with E-state index in [1.54, 1.807) is 6.20 Å². The largest absolute Gasteiger partial charge is 0.478 e. The van der Waals surface area contributed by atoms with Gasteiger partial charge in [-0.05, 0) is 43.2 Å². The highest BCUT2D eigenvalue weighted by Gasteiger charge is 2.16. The first-order valence-corrected chi connectivity index (χ1v) is 7.49. The van der Waals surface area contributed by atoms with Crippen molar-refractivity contribution < 1.29 is 9.90 Å². The predicted molar refractivity (Wildman–Crippen MR) is 89.7 cm³/mol. The summed E-state index contributed by atoms with van der Waals surface area (Å²) in [4.78, 5) is 11.4. The van der Waals surface area contributed by atoms with Gasteiger partial charge in [0.15, 0.2) is 0 Å². The molecule has 0 saturated carbocycles. The number of benzene rings is 2. The Morgan fingerprint density at radius 3 is 2.32 bits per heavy atom. The first-order valence-electron chi connectivity index (χ1n) is 7.11. The number of carboxylic acid groups (broad SMARTS) is 1. The monoisotopic (exact) mass is 313 g/mol. The molecule has 0 amide bonds. The molecule has 1 N–H and O–H groups in total. The smallest absolute Gasteiger partial charge is 0.337 e. The zero-order valence-corrected chi connectivity index (χ0v) is 13.1. The Bertz CT molecular complexity index is 847. The Labute approximate surface area is 133 Å². The third-order valence-electron chi connectivity index (χ3n) is 3.80. The topological polar surface area (TPSA) is 42.2 Å². The molecule has 0 unspecified atom stereocenters. The van der Waals surface area contributed by atoms with Crippen LogP contribution in [0.3, 0.4) is 0 Å². The van der Waals surface area contributed by atoms with Crippen LogP contribution in [0.2, 0.25) is 5.02 Å². The van der Waals surface area contributed by atoms with Crippen LogP contribution in [-0.2, 0) is 0 Å². The highest BCUT2D eigenvalue weighted by atomic mass is 35.5. The molecule has 22 heavy (non-hydrogen) atoms. The molecule has 3 aromatic rings. The number of rotatable bonds is 3. The van der Waals surface area contributed by atoms with Crippen molar-refractivity contribution >= 4 is 28.5 Å². The summed E-state index contributed by atoms with van der Waals surface area (Å²) in [5.74, 6) is -0.899. The molecule has 1 heterocycles. The summed E-state index contributed by atoms with van der Waals surface area (Å²) in [6.07, 6.45) is 1.71. The molecule has 0 spiro atoms. The molecule has 1 aromatic heterocycles. The van der Waals surface area contributed by atoms with Gasteiger partial charge in [-0.25, -0.2) is 4.79 Å². The van der Waals surface area contributed by atoms with E-state index in [1.807, 2.05) is 60.9 Å². The molecule has 0 aliphatic carbocycles. The predicted octanol–water partition coefficient (Wildman–Crippen LogP) is 5.24. The van der Waals surface area contributed by atoms with Crippen molar-refractivity contribution in [3.8, 4) is 11.1 Å². The van der Waals surface area contributed by atoms with Crippen molar-refractivity contribution in [2.45, 2.75) is 19.9 Å². The molecule has 4 heteroatoms. The van der Waals surface area contributed by atoms with Crippen molar-refractivity contribution in [3.05, 3.63) is 59.2 Å². The lowest BCUT2D eigenvalue weighted by molar-refractivity contribution is 0.0699. The van der Waals surface area contributed by atoms with Crippen LogP contribution >= 0.6 is 11.6 Å². The second-order valence-corrected chi connectivity index (χ2v) is 6.02. The number of carbonyl (C=O) groups is 1. The molecular weight excluding hydrogens is 298 g/mol. The fourth-order valence-electron chi connectivity index (χ4n) is 2.67. The average molecular weight is 314 g/mol. The minimum absolute atomic E-state index is 0.191. The summed E-state index contributed by atoms with van der Waals surface area (Å²) in [6, 6.07) is 13.7. The maximum Gasteiger partial charge on any atom is 0.337 e. The van der Waals surface area contributed by atoms with E-state index in [9.17, 15) is 9.90 Å². The van der Waals surface area contributed by atoms with Gasteiger partial charge in [-0.3, -0.25) is 0 Å². The van der Waals surface area contributed by atoms with Gasteiger partial charge in [0, 0.05) is 28.2 Å². The third-order valence-corrected chi connectivity index (χ3v) is 4.05. The van der Waals surface area contributed by atoms with Gasteiger partial charge in [0.05, 0.1) is 5.56 Å². The minimum atomic E-state index is -0.899. The van der Waals surface area contributed by atoms with Crippen molar-refractivity contribution in [2.75, 3.05) is 0 Å². The fourth-order valence-corrected chi connectivity index (χ4v) is 2.80. The van der Waals surface area contributed by atoms with Crippen LogP contribution in [0.15, 0.2) is 48.7 Å². The van der Waals surface area contributed by atoms with Gasteiger partial charge >= 0.3 is 5.97 Å². The number of carboxylic acids is 1. The van der Waals surface area contributed by atoms with Crippen LogP contribution in [0.4, 0.5) is 0 Å². The van der Waals surface area contributed by atoms with Crippen LogP contribution in [0.25, 0.3) is 22.0 Å². The lowest BCUT2D eigenvalue weighted by Gasteiger charge is -2.10. The second-order valence-electron chi connectivity index (χ2n) is 5.59. The van der Waals surface area contributed by atoms with Gasteiger partial charge in [0.1, 0.15) is 0 Å². The normalized spacial score (nSPS) is 11.3. The average Bonchev–Trinajstić information content (AvgIpc) is 2.87. The van der Waals surface area contributed by atoms with Crippen molar-refractivity contribution in [1.29, 1.82) is 0 Å². The Morgan fingerprint density at radius 2 is 1.73 bits per heavy atom. The van der Waals surface area contributed by atoms with Crippen LogP contribution in [0.1, 0.15) is 30.2 Å². The lowest BCUT2D eigenvalue weighted by atomic mass is 10.0. The highest BCUT2D eigenvalue weighted by Crippen LogP contribution is 2.30. The molecule has 0 radical (unpaired) electrons. The number of hydrogen-bond donors (Lipinski definition) is 1. The van der Waals surface area contributed by atoms with Crippen molar-refractivity contribution in [1.82, 2.24) is 4.57 Å². The molecule has 2 aromatic carbocycles. The number of nitrogens with zero attached hydrogens (tertiary/aromatic N) is 1. The maximum atomic E-state index is 11.4. The van der Waals surface area contributed by atoms with E-state index in [0.717, 1.165) is 22.0 Å². The summed E-state index contributed by atoms with van der Waals surface area (Å²) in [6.45, 7) is 4.08. The summed E-state index contributed by atoms with van der Waals surface area (Å²) in [5, 5.41) is 10.8. The number of fused-ring (bicyclic) bond motifs is 1. The van der Waals surface area contributed by atoms with Gasteiger partial charge in [-0.1, -0.05) is 35.9 Å². The van der Waals surface area contributed by atoms with Crippen LogP contribution in [0.5, 0.6) is 0 Å². The molecule has 0 atom stereocenters. The van der Waals surface area contributed by atoms with Gasteiger partial charge in [-0.15, -0.1) is 0 Å². The number of aromatic carboxylic acids is 1. The number of halogens is 1. The SMILES string of the molecule is CC(C)n1cc(C(=O)O)c2ccc(-c3ccc(Cl)cc3)cc21. The van der Waals surface area contributed by atoms with Crippen LogP contribution in [0, 0.1) is 0 Å². The zero-order chi connectivity index (χ0) is 15.9. The van der Waals surface area contributed by atoms with Gasteiger partial charge in [0.25, 0.3) is 0 Å². The minimum Gasteiger partial charge on any atom is -0.478 e. The maximum absolute atomic E-state index is 11.4. The van der Waals surface area contributed by atoms with Gasteiger partial charge in [0.2, 0.25) is 0 Å². The zero-order valence-electron chi connectivity index (χ0n) is 12.4. The standard InChI is InChI=1S/C18H16ClNO2/c1-11(2)20-10-16(18(21)22)15-8-5-13(9-17(15)20)12-3-6-14(19)7-4-12/h3-11H,1-2H3,(H,21,22). The Hall–Kier alpha value is -2.26. The van der Waals surface area contributed by atoms with E-state index in [4.69, 9.17) is 11.6 Å². The summed E-state index contributed by atoms with van der Waals surface area (Å²) >= 11 is 5.93. The van der Waals surface area contributed by atoms with E-state index in [1.165, 1.54) is 0 Å². The molecule has 0 fully saturated rings. The molecule has 112 valence electrons. The Kier molecular flexibility index (Phi) is 3.67. The third kappa shape index (κ3) is 2.48. The number of hydrogen-bond acceptors (Lipinski definition) is 1. The molecule has 0 saturated heterocycles. The fraction of sp³-hybridized carbons (Fsp3) is 0.167. The molecular formula is C18H16ClNO2. The lowest BCUT2D eigenvalue weighted by Crippen LogP contribution is -1.99. The van der Waals surface area contributed by atoms with Crippen molar-refractivity contribution in [3.63, 3.8) is 0 Å². The quantitative estimate of drug-likeness (QED) is 0.718. The summed E-state index contributed by atoms with van der Waals surface area (Å²) in [7, 11) is 0. The van der Waals surface area contributed by atoms with E-state index < -0.39 is 5.97 Å². The van der Waals surface area contributed by atoms with Crippen LogP contribution in [-0.4, -0.2) is 15.6 Å². The van der Waals surface area contributed by atoms with E-state index >= 15 is 0 Å². The number of aromatic nitrogens is 1. The van der Waals surface area contributed by atoms with E-state index in [2.05, 4.69) is 0 Å². The molecule has 0 aliphatic heterocycles. The first-order chi connectivity index (χ1) is 10.5. The van der Waals surface area contributed by atoms with E-state index in [0.29, 0.717) is 10.6 Å². The summed E-state index contributed by atoms with van der Waals surface area (Å²) < 4.78 is 2.00. The molecule has 0 bridgehead atoms. The molecule has 3 nitrogen and oxygen atoms in total. The highest BCUT2D eigenvalue weighted by molar-refractivity contribution is 6.30. The second kappa shape index (κ2) is 5.50. The first kappa shape index (κ1) is 14.7. The molecule has 3 rings (SSSR count). The molecule has 0 aliphatic rings. The Balaban J connectivity index is 2.22. The van der Waals surface area contributed by atoms with Gasteiger partial charge < -0.3 is 9.67 Å². The van der Waals surface area contributed by atoms with Crippen LogP contribution < -0.4 is 0 Å². The van der Waals surface area contributed by atoms with Crippen molar-refractivity contribution in [2.24, 2.45) is 0 Å². The van der Waals surface area contributed by atoms with Gasteiger partial charge in [-0.2, -0.15) is 0 Å². The Morgan fingerprint density at radius 1 is 1.09 bits per heavy atom.